The molecule has 0 aromatic heterocycles. The lowest BCUT2D eigenvalue weighted by atomic mass is 10.1. The van der Waals surface area contributed by atoms with E-state index in [9.17, 15) is 4.79 Å². The van der Waals surface area contributed by atoms with Gasteiger partial charge in [-0.15, -0.1) is 0 Å². The van der Waals surface area contributed by atoms with Gasteiger partial charge in [-0.3, -0.25) is 4.79 Å². The van der Waals surface area contributed by atoms with Crippen molar-refractivity contribution in [2.24, 2.45) is 17.8 Å². The van der Waals surface area contributed by atoms with Gasteiger partial charge < -0.3 is 4.90 Å². The number of carbonyl (C=O) groups is 1. The van der Waals surface area contributed by atoms with Crippen molar-refractivity contribution in [2.75, 3.05) is 13.1 Å². The lowest BCUT2D eigenvalue weighted by molar-refractivity contribution is -0.134. The molecular weight excluding hydrogens is 254 g/mol. The lowest BCUT2D eigenvalue weighted by Gasteiger charge is -2.30. The molecule has 3 rings (SSSR count). The van der Waals surface area contributed by atoms with Crippen LogP contribution in [0, 0.1) is 17.8 Å². The van der Waals surface area contributed by atoms with Crippen molar-refractivity contribution in [3.63, 3.8) is 0 Å². The second-order valence-corrected chi connectivity index (χ2v) is 6.58. The molecule has 2 atom stereocenters. The molecule has 2 saturated carbocycles. The number of carbonyl (C=O) groups excluding carboxylic acids is 1. The molecule has 1 aliphatic heterocycles. The van der Waals surface area contributed by atoms with Gasteiger partial charge in [-0.2, -0.15) is 0 Å². The molecule has 2 unspecified atom stereocenters. The average Bonchev–Trinajstić information content (AvgIpc) is 2.72. The standard InChI is InChI=1S/C12H18BrNO/c13-8-4-6-14(7-5-8)12(15)11-9-2-1-3-10(9)11/h8-11H,1-7H2. The minimum absolute atomic E-state index is 0.436. The smallest absolute Gasteiger partial charge is 0.226 e. The monoisotopic (exact) mass is 271 g/mol. The molecule has 0 spiro atoms. The molecule has 3 fully saturated rings. The van der Waals surface area contributed by atoms with Gasteiger partial charge in [-0.1, -0.05) is 22.4 Å². The van der Waals surface area contributed by atoms with Crippen LogP contribution in [0.3, 0.4) is 0 Å². The topological polar surface area (TPSA) is 20.3 Å². The molecule has 0 aromatic carbocycles. The molecular formula is C12H18BrNO. The number of alkyl halides is 1. The van der Waals surface area contributed by atoms with E-state index in [4.69, 9.17) is 0 Å². The second-order valence-electron chi connectivity index (χ2n) is 5.28. The van der Waals surface area contributed by atoms with E-state index in [0.29, 0.717) is 16.7 Å². The Labute approximate surface area is 99.5 Å². The first-order chi connectivity index (χ1) is 7.27. The number of rotatable bonds is 1. The first-order valence-corrected chi connectivity index (χ1v) is 7.12. The highest BCUT2D eigenvalue weighted by atomic mass is 79.9. The predicted octanol–water partition coefficient (Wildman–Crippen LogP) is 2.42. The van der Waals surface area contributed by atoms with E-state index in [1.807, 2.05) is 0 Å². The van der Waals surface area contributed by atoms with Crippen molar-refractivity contribution in [2.45, 2.75) is 36.9 Å². The number of hydrogen-bond donors (Lipinski definition) is 0. The molecule has 0 N–H and O–H groups in total. The van der Waals surface area contributed by atoms with Gasteiger partial charge in [0.15, 0.2) is 0 Å². The summed E-state index contributed by atoms with van der Waals surface area (Å²) in [5.41, 5.74) is 0. The summed E-state index contributed by atoms with van der Waals surface area (Å²) in [6.07, 6.45) is 6.26. The third-order valence-electron chi connectivity index (χ3n) is 4.43. The third kappa shape index (κ3) is 1.73. The zero-order valence-corrected chi connectivity index (χ0v) is 10.6. The summed E-state index contributed by atoms with van der Waals surface area (Å²) >= 11 is 3.63. The van der Waals surface area contributed by atoms with Gasteiger partial charge in [-0.25, -0.2) is 0 Å². The first-order valence-electron chi connectivity index (χ1n) is 6.20. The Morgan fingerprint density at radius 3 is 2.27 bits per heavy atom. The summed E-state index contributed by atoms with van der Waals surface area (Å²) in [5, 5.41) is 0. The van der Waals surface area contributed by atoms with Gasteiger partial charge in [0.25, 0.3) is 0 Å². The Morgan fingerprint density at radius 2 is 1.67 bits per heavy atom. The average molecular weight is 272 g/mol. The van der Waals surface area contributed by atoms with E-state index in [1.54, 1.807) is 0 Å². The van der Waals surface area contributed by atoms with Crippen LogP contribution in [0.4, 0.5) is 0 Å². The second kappa shape index (κ2) is 3.76. The third-order valence-corrected chi connectivity index (χ3v) is 5.34. The highest BCUT2D eigenvalue weighted by Gasteiger charge is 2.57. The van der Waals surface area contributed by atoms with E-state index in [2.05, 4.69) is 20.8 Å². The number of piperidine rings is 1. The number of hydrogen-bond acceptors (Lipinski definition) is 1. The number of likely N-dealkylation sites (tertiary alicyclic amines) is 1. The Bertz CT molecular complexity index is 263. The van der Waals surface area contributed by atoms with E-state index in [-0.39, 0.29) is 0 Å². The molecule has 84 valence electrons. The predicted molar refractivity (Wildman–Crippen MR) is 62.9 cm³/mol. The summed E-state index contributed by atoms with van der Waals surface area (Å²) in [6, 6.07) is 0. The fourth-order valence-corrected chi connectivity index (χ4v) is 3.88. The molecule has 15 heavy (non-hydrogen) atoms. The minimum Gasteiger partial charge on any atom is -0.342 e. The molecule has 0 bridgehead atoms. The lowest BCUT2D eigenvalue weighted by Crippen LogP contribution is -2.40. The van der Waals surface area contributed by atoms with Gasteiger partial charge in [-0.05, 0) is 37.5 Å². The van der Waals surface area contributed by atoms with Gasteiger partial charge in [0.1, 0.15) is 0 Å². The van der Waals surface area contributed by atoms with Crippen LogP contribution in [-0.4, -0.2) is 28.7 Å². The van der Waals surface area contributed by atoms with Gasteiger partial charge >= 0.3 is 0 Å². The quantitative estimate of drug-likeness (QED) is 0.671. The minimum atomic E-state index is 0.436. The zero-order valence-electron chi connectivity index (χ0n) is 8.99. The largest absolute Gasteiger partial charge is 0.342 e. The molecule has 1 saturated heterocycles. The van der Waals surface area contributed by atoms with Crippen molar-refractivity contribution in [1.82, 2.24) is 4.90 Å². The van der Waals surface area contributed by atoms with E-state index in [1.165, 1.54) is 19.3 Å². The van der Waals surface area contributed by atoms with E-state index in [0.717, 1.165) is 37.8 Å². The van der Waals surface area contributed by atoms with Crippen molar-refractivity contribution in [3.05, 3.63) is 0 Å². The maximum Gasteiger partial charge on any atom is 0.226 e. The van der Waals surface area contributed by atoms with E-state index < -0.39 is 0 Å². The van der Waals surface area contributed by atoms with Crippen LogP contribution in [-0.2, 0) is 4.79 Å². The van der Waals surface area contributed by atoms with Crippen molar-refractivity contribution < 1.29 is 4.79 Å². The van der Waals surface area contributed by atoms with Gasteiger partial charge in [0.05, 0.1) is 0 Å². The van der Waals surface area contributed by atoms with Crippen molar-refractivity contribution in [1.29, 1.82) is 0 Å². The molecule has 1 amide bonds. The normalized spacial score (nSPS) is 40.3. The SMILES string of the molecule is O=C(C1C2CCCC21)N1CCC(Br)CC1. The summed E-state index contributed by atoms with van der Waals surface area (Å²) < 4.78 is 0. The summed E-state index contributed by atoms with van der Waals surface area (Å²) in [7, 11) is 0. The number of nitrogens with zero attached hydrogens (tertiary/aromatic N) is 1. The Hall–Kier alpha value is -0.0500. The molecule has 0 radical (unpaired) electrons. The van der Waals surface area contributed by atoms with E-state index >= 15 is 0 Å². The van der Waals surface area contributed by atoms with Crippen LogP contribution in [0.2, 0.25) is 0 Å². The Morgan fingerprint density at radius 1 is 1.07 bits per heavy atom. The number of halogens is 1. The molecule has 3 heteroatoms. The maximum absolute atomic E-state index is 12.2. The highest BCUT2D eigenvalue weighted by Crippen LogP contribution is 2.58. The van der Waals surface area contributed by atoms with Crippen molar-refractivity contribution in [3.8, 4) is 0 Å². The molecule has 3 aliphatic rings. The van der Waals surface area contributed by atoms with Gasteiger partial charge in [0.2, 0.25) is 5.91 Å². The van der Waals surface area contributed by atoms with Crippen LogP contribution >= 0.6 is 15.9 Å². The summed E-state index contributed by atoms with van der Waals surface area (Å²) in [6.45, 7) is 1.95. The van der Waals surface area contributed by atoms with Crippen LogP contribution < -0.4 is 0 Å². The van der Waals surface area contributed by atoms with Crippen molar-refractivity contribution >= 4 is 21.8 Å². The maximum atomic E-state index is 12.2. The number of fused-ring (bicyclic) bond motifs is 1. The fourth-order valence-electron chi connectivity index (χ4n) is 3.47. The molecule has 1 heterocycles. The molecule has 2 aliphatic carbocycles. The van der Waals surface area contributed by atoms with Crippen LogP contribution in [0.15, 0.2) is 0 Å². The summed E-state index contributed by atoms with van der Waals surface area (Å²) in [5.74, 6) is 2.47. The zero-order chi connectivity index (χ0) is 10.4. The van der Waals surface area contributed by atoms with Crippen LogP contribution in [0.5, 0.6) is 0 Å². The Balaban J connectivity index is 1.57. The van der Waals surface area contributed by atoms with Crippen LogP contribution in [0.25, 0.3) is 0 Å². The van der Waals surface area contributed by atoms with Gasteiger partial charge in [0, 0.05) is 23.8 Å². The Kier molecular flexibility index (Phi) is 2.54. The van der Waals surface area contributed by atoms with Crippen LogP contribution in [0.1, 0.15) is 32.1 Å². The number of amides is 1. The molecule has 0 aromatic rings. The fraction of sp³-hybridized carbons (Fsp3) is 0.917. The molecule has 2 nitrogen and oxygen atoms in total. The highest BCUT2D eigenvalue weighted by molar-refractivity contribution is 9.09. The first kappa shape index (κ1) is 10.1. The summed E-state index contributed by atoms with van der Waals surface area (Å²) in [4.78, 5) is 14.9.